The fourth-order valence-electron chi connectivity index (χ4n) is 4.79. The van der Waals surface area contributed by atoms with Crippen molar-refractivity contribution < 1.29 is 23.9 Å². The van der Waals surface area contributed by atoms with Gasteiger partial charge >= 0.3 is 5.97 Å². The maximum Gasteiger partial charge on any atom is 0.326 e. The predicted molar refractivity (Wildman–Crippen MR) is 121 cm³/mol. The second kappa shape index (κ2) is 10.1. The lowest BCUT2D eigenvalue weighted by Gasteiger charge is -2.28. The Kier molecular flexibility index (Phi) is 7.06. The lowest BCUT2D eigenvalue weighted by Crippen LogP contribution is -2.47. The van der Waals surface area contributed by atoms with Crippen molar-refractivity contribution in [3.8, 4) is 0 Å². The Morgan fingerprint density at radius 3 is 2.42 bits per heavy atom. The zero-order chi connectivity index (χ0) is 23.4. The number of hydrogen-bond donors (Lipinski definition) is 3. The Morgan fingerprint density at radius 1 is 1.03 bits per heavy atom. The van der Waals surface area contributed by atoms with Crippen LogP contribution in [-0.2, 0) is 16.1 Å². The van der Waals surface area contributed by atoms with E-state index in [9.17, 15) is 23.9 Å². The number of hydrogen-bond acceptors (Lipinski definition) is 3. The Bertz CT molecular complexity index is 1020. The highest BCUT2D eigenvalue weighted by Crippen LogP contribution is 2.48. The van der Waals surface area contributed by atoms with Gasteiger partial charge in [0.2, 0.25) is 5.91 Å². The SMILES string of the molecule is O=C(NCc1ccccc1)c1ccc([C@@H]2CC2C(=O)N[C@H](C(=O)O)C2CCCCC2)c(F)c1. The fraction of sp³-hybridized carbons (Fsp3) is 0.423. The molecular weight excluding hydrogens is 423 g/mol. The number of carboxylic acids is 1. The van der Waals surface area contributed by atoms with Crippen molar-refractivity contribution in [2.75, 3.05) is 0 Å². The summed E-state index contributed by atoms with van der Waals surface area (Å²) in [5, 5.41) is 15.1. The molecular formula is C26H29FN2O4. The van der Waals surface area contributed by atoms with Gasteiger partial charge in [0.1, 0.15) is 11.9 Å². The van der Waals surface area contributed by atoms with E-state index in [0.717, 1.165) is 37.7 Å². The van der Waals surface area contributed by atoms with E-state index in [2.05, 4.69) is 10.6 Å². The molecule has 0 saturated heterocycles. The van der Waals surface area contributed by atoms with Crippen LogP contribution < -0.4 is 10.6 Å². The third-order valence-corrected chi connectivity index (χ3v) is 6.77. The van der Waals surface area contributed by atoms with Crippen LogP contribution in [0.2, 0.25) is 0 Å². The van der Waals surface area contributed by atoms with Gasteiger partial charge in [0, 0.05) is 18.0 Å². The Morgan fingerprint density at radius 2 is 1.76 bits per heavy atom. The molecule has 2 saturated carbocycles. The van der Waals surface area contributed by atoms with Gasteiger partial charge in [-0.2, -0.15) is 0 Å². The number of nitrogens with one attached hydrogen (secondary N) is 2. The molecule has 0 heterocycles. The van der Waals surface area contributed by atoms with E-state index < -0.39 is 23.7 Å². The van der Waals surface area contributed by atoms with Gasteiger partial charge in [-0.3, -0.25) is 9.59 Å². The molecule has 2 aromatic rings. The molecule has 174 valence electrons. The molecule has 2 aliphatic carbocycles. The number of halogens is 1. The normalized spacial score (nSPS) is 21.1. The van der Waals surface area contributed by atoms with Gasteiger partial charge in [-0.25, -0.2) is 9.18 Å². The van der Waals surface area contributed by atoms with Crippen molar-refractivity contribution >= 4 is 17.8 Å². The third-order valence-electron chi connectivity index (χ3n) is 6.77. The molecule has 0 radical (unpaired) electrons. The Labute approximate surface area is 192 Å². The lowest BCUT2D eigenvalue weighted by molar-refractivity contribution is -0.144. The van der Waals surface area contributed by atoms with Crippen LogP contribution in [0.15, 0.2) is 48.5 Å². The minimum atomic E-state index is -1.01. The number of amides is 2. The first-order valence-electron chi connectivity index (χ1n) is 11.6. The highest BCUT2D eigenvalue weighted by molar-refractivity contribution is 5.94. The highest BCUT2D eigenvalue weighted by Gasteiger charge is 2.46. The summed E-state index contributed by atoms with van der Waals surface area (Å²) >= 11 is 0. The monoisotopic (exact) mass is 452 g/mol. The predicted octanol–water partition coefficient (Wildman–Crippen LogP) is 4.01. The van der Waals surface area contributed by atoms with Gasteiger partial charge in [0.15, 0.2) is 0 Å². The van der Waals surface area contributed by atoms with E-state index in [0.29, 0.717) is 18.5 Å². The summed E-state index contributed by atoms with van der Waals surface area (Å²) in [6.07, 6.45) is 5.13. The molecule has 3 atom stereocenters. The highest BCUT2D eigenvalue weighted by atomic mass is 19.1. The van der Waals surface area contributed by atoms with Crippen LogP contribution in [-0.4, -0.2) is 28.9 Å². The number of carbonyl (C=O) groups is 3. The number of aliphatic carboxylic acids is 1. The quantitative estimate of drug-likeness (QED) is 0.564. The maximum atomic E-state index is 14.8. The molecule has 2 fully saturated rings. The van der Waals surface area contributed by atoms with E-state index >= 15 is 0 Å². The minimum Gasteiger partial charge on any atom is -0.480 e. The van der Waals surface area contributed by atoms with Gasteiger partial charge in [-0.05, 0) is 54.4 Å². The van der Waals surface area contributed by atoms with Gasteiger partial charge in [-0.1, -0.05) is 55.7 Å². The first kappa shape index (κ1) is 23.0. The van der Waals surface area contributed by atoms with Crippen molar-refractivity contribution in [2.24, 2.45) is 11.8 Å². The van der Waals surface area contributed by atoms with Crippen molar-refractivity contribution in [1.29, 1.82) is 0 Å². The summed E-state index contributed by atoms with van der Waals surface area (Å²) in [4.78, 5) is 36.8. The van der Waals surface area contributed by atoms with E-state index in [1.54, 1.807) is 12.1 Å². The average molecular weight is 453 g/mol. The van der Waals surface area contributed by atoms with Crippen molar-refractivity contribution in [3.05, 3.63) is 71.0 Å². The van der Waals surface area contributed by atoms with Crippen LogP contribution >= 0.6 is 0 Å². The molecule has 6 nitrogen and oxygen atoms in total. The molecule has 2 aliphatic rings. The first-order valence-corrected chi connectivity index (χ1v) is 11.6. The Balaban J connectivity index is 1.34. The smallest absolute Gasteiger partial charge is 0.326 e. The van der Waals surface area contributed by atoms with Crippen molar-refractivity contribution in [2.45, 2.75) is 57.0 Å². The standard InChI is InChI=1S/C26H29FN2O4/c27-22-13-18(24(30)28-15-16-7-3-1-4-8-16)11-12-19(22)20-14-21(20)25(31)29-23(26(32)33)17-9-5-2-6-10-17/h1,3-4,7-8,11-13,17,20-21,23H,2,5-6,9-10,14-15H2,(H,28,30)(H,29,31)(H,32,33)/t20-,21?,23-/m0/s1. The van der Waals surface area contributed by atoms with E-state index in [1.807, 2.05) is 30.3 Å². The Hall–Kier alpha value is -3.22. The second-order valence-electron chi connectivity index (χ2n) is 9.08. The van der Waals surface area contributed by atoms with Crippen LogP contribution in [0.5, 0.6) is 0 Å². The summed E-state index contributed by atoms with van der Waals surface area (Å²) in [6, 6.07) is 12.9. The average Bonchev–Trinajstić information content (AvgIpc) is 3.62. The second-order valence-corrected chi connectivity index (χ2v) is 9.08. The number of carbonyl (C=O) groups excluding carboxylic acids is 2. The zero-order valence-corrected chi connectivity index (χ0v) is 18.4. The molecule has 2 amide bonds. The topological polar surface area (TPSA) is 95.5 Å². The van der Waals surface area contributed by atoms with Gasteiger partial charge < -0.3 is 15.7 Å². The van der Waals surface area contributed by atoms with E-state index in [4.69, 9.17) is 0 Å². The van der Waals surface area contributed by atoms with Crippen LogP contribution in [0.1, 0.15) is 65.9 Å². The molecule has 0 spiro atoms. The molecule has 0 aliphatic heterocycles. The largest absolute Gasteiger partial charge is 0.480 e. The van der Waals surface area contributed by atoms with Crippen LogP contribution in [0.3, 0.4) is 0 Å². The zero-order valence-electron chi connectivity index (χ0n) is 18.4. The summed E-state index contributed by atoms with van der Waals surface area (Å²) in [7, 11) is 0. The van der Waals surface area contributed by atoms with Gasteiger partial charge in [0.25, 0.3) is 5.91 Å². The van der Waals surface area contributed by atoms with Gasteiger partial charge in [-0.15, -0.1) is 0 Å². The first-order chi connectivity index (χ1) is 15.9. The van der Waals surface area contributed by atoms with E-state index in [1.165, 1.54) is 6.07 Å². The molecule has 0 aromatic heterocycles. The molecule has 1 unspecified atom stereocenters. The molecule has 33 heavy (non-hydrogen) atoms. The molecule has 4 rings (SSSR count). The minimum absolute atomic E-state index is 0.0529. The molecule has 2 aromatic carbocycles. The molecule has 0 bridgehead atoms. The summed E-state index contributed by atoms with van der Waals surface area (Å²) < 4.78 is 14.8. The van der Waals surface area contributed by atoms with Crippen LogP contribution in [0, 0.1) is 17.7 Å². The van der Waals surface area contributed by atoms with Crippen LogP contribution in [0.25, 0.3) is 0 Å². The molecule has 7 heteroatoms. The third kappa shape index (κ3) is 5.59. The number of benzene rings is 2. The number of rotatable bonds is 8. The van der Waals surface area contributed by atoms with Crippen molar-refractivity contribution in [1.82, 2.24) is 10.6 Å². The van der Waals surface area contributed by atoms with E-state index in [-0.39, 0.29) is 29.2 Å². The summed E-state index contributed by atoms with van der Waals surface area (Å²) in [5.41, 5.74) is 1.55. The van der Waals surface area contributed by atoms with Crippen molar-refractivity contribution in [3.63, 3.8) is 0 Å². The fourth-order valence-corrected chi connectivity index (χ4v) is 4.79. The van der Waals surface area contributed by atoms with Gasteiger partial charge in [0.05, 0.1) is 0 Å². The summed E-state index contributed by atoms with van der Waals surface area (Å²) in [5.74, 6) is -3.03. The molecule has 3 N–H and O–H groups in total. The lowest BCUT2D eigenvalue weighted by atomic mass is 9.84. The van der Waals surface area contributed by atoms with Crippen LogP contribution in [0.4, 0.5) is 4.39 Å². The number of carboxylic acid groups (broad SMARTS) is 1. The maximum absolute atomic E-state index is 14.8. The summed E-state index contributed by atoms with van der Waals surface area (Å²) in [6.45, 7) is 0.347.